The van der Waals surface area contributed by atoms with E-state index in [4.69, 9.17) is 0 Å². The zero-order chi connectivity index (χ0) is 15.9. The Kier molecular flexibility index (Phi) is 3.24. The van der Waals surface area contributed by atoms with E-state index in [1.54, 1.807) is 12.1 Å². The smallest absolute Gasteiger partial charge is 0.376 e. The third-order valence-corrected chi connectivity index (χ3v) is 3.43. The van der Waals surface area contributed by atoms with Crippen LogP contribution in [0.3, 0.4) is 0 Å². The van der Waals surface area contributed by atoms with Gasteiger partial charge in [-0.2, -0.15) is 13.2 Å². The number of carbonyl (C=O) groups excluding carboxylic acids is 2. The maximum absolute atomic E-state index is 12.5. The molecule has 0 amide bonds. The number of nitrogens with one attached hydrogen (secondary N) is 1. The Labute approximate surface area is 123 Å². The molecule has 3 nitrogen and oxygen atoms in total. The van der Waals surface area contributed by atoms with Gasteiger partial charge in [0.05, 0.1) is 5.56 Å². The number of halogens is 3. The highest BCUT2D eigenvalue weighted by Gasteiger charge is 2.33. The third kappa shape index (κ3) is 2.36. The minimum Gasteiger partial charge on any atom is -0.376 e. The predicted octanol–water partition coefficient (Wildman–Crippen LogP) is 3.44. The molecule has 3 rings (SSSR count). The van der Waals surface area contributed by atoms with E-state index >= 15 is 0 Å². The maximum atomic E-state index is 12.5. The molecule has 1 aliphatic rings. The minimum absolute atomic E-state index is 0.00421. The zero-order valence-corrected chi connectivity index (χ0v) is 11.2. The molecule has 0 bridgehead atoms. The maximum Gasteiger partial charge on any atom is 0.405 e. The number of benzene rings is 2. The van der Waals surface area contributed by atoms with Crippen LogP contribution in [0.1, 0.15) is 31.8 Å². The molecule has 0 saturated carbocycles. The van der Waals surface area contributed by atoms with Crippen molar-refractivity contribution in [1.29, 1.82) is 0 Å². The van der Waals surface area contributed by atoms with Gasteiger partial charge in [-0.05, 0) is 6.07 Å². The highest BCUT2D eigenvalue weighted by atomic mass is 19.4. The second-order valence-corrected chi connectivity index (χ2v) is 4.90. The van der Waals surface area contributed by atoms with E-state index in [9.17, 15) is 22.8 Å². The summed E-state index contributed by atoms with van der Waals surface area (Å²) >= 11 is 0. The van der Waals surface area contributed by atoms with Crippen molar-refractivity contribution in [2.75, 3.05) is 11.9 Å². The molecule has 0 unspecified atom stereocenters. The molecule has 0 aliphatic heterocycles. The van der Waals surface area contributed by atoms with E-state index < -0.39 is 18.5 Å². The number of ketones is 2. The fourth-order valence-corrected chi connectivity index (χ4v) is 2.49. The van der Waals surface area contributed by atoms with Crippen molar-refractivity contribution in [1.82, 2.24) is 0 Å². The predicted molar refractivity (Wildman–Crippen MR) is 74.3 cm³/mol. The zero-order valence-electron chi connectivity index (χ0n) is 11.2. The first-order valence-corrected chi connectivity index (χ1v) is 6.50. The van der Waals surface area contributed by atoms with Gasteiger partial charge in [0.1, 0.15) is 6.54 Å². The summed E-state index contributed by atoms with van der Waals surface area (Å²) in [6.07, 6.45) is -4.41. The monoisotopic (exact) mass is 305 g/mol. The van der Waals surface area contributed by atoms with Crippen LogP contribution in [0, 0.1) is 0 Å². The molecule has 22 heavy (non-hydrogen) atoms. The van der Waals surface area contributed by atoms with Gasteiger partial charge < -0.3 is 5.32 Å². The van der Waals surface area contributed by atoms with Crippen LogP contribution in [0.2, 0.25) is 0 Å². The number of hydrogen-bond acceptors (Lipinski definition) is 3. The first-order chi connectivity index (χ1) is 10.4. The average molecular weight is 305 g/mol. The number of alkyl halides is 3. The molecule has 112 valence electrons. The molecule has 0 spiro atoms. The van der Waals surface area contributed by atoms with Gasteiger partial charge in [0, 0.05) is 22.4 Å². The number of hydrogen-bond donors (Lipinski definition) is 1. The van der Waals surface area contributed by atoms with Crippen LogP contribution in [0.25, 0.3) is 0 Å². The molecule has 2 aromatic rings. The topological polar surface area (TPSA) is 46.2 Å². The van der Waals surface area contributed by atoms with Crippen LogP contribution in [-0.4, -0.2) is 24.3 Å². The first-order valence-electron chi connectivity index (χ1n) is 6.50. The Morgan fingerprint density at radius 2 is 1.41 bits per heavy atom. The van der Waals surface area contributed by atoms with Crippen LogP contribution in [0.15, 0.2) is 42.5 Å². The summed E-state index contributed by atoms with van der Waals surface area (Å²) in [6, 6.07) is 10.6. The normalized spacial score (nSPS) is 13.6. The molecule has 2 aromatic carbocycles. The molecular formula is C16H10F3NO2. The second kappa shape index (κ2) is 4.98. The van der Waals surface area contributed by atoms with Crippen molar-refractivity contribution in [3.8, 4) is 0 Å². The number of fused-ring (bicyclic) bond motifs is 2. The van der Waals surface area contributed by atoms with E-state index in [1.807, 2.05) is 0 Å². The highest BCUT2D eigenvalue weighted by Crippen LogP contribution is 2.32. The highest BCUT2D eigenvalue weighted by molar-refractivity contribution is 6.30. The first kappa shape index (κ1) is 14.3. The van der Waals surface area contributed by atoms with Crippen molar-refractivity contribution in [2.24, 2.45) is 0 Å². The lowest BCUT2D eigenvalue weighted by atomic mass is 9.83. The van der Waals surface area contributed by atoms with E-state index in [1.165, 1.54) is 30.3 Å². The van der Waals surface area contributed by atoms with Gasteiger partial charge >= 0.3 is 6.18 Å². The number of carbonyl (C=O) groups is 2. The van der Waals surface area contributed by atoms with E-state index in [2.05, 4.69) is 5.32 Å². The molecule has 1 aliphatic carbocycles. The van der Waals surface area contributed by atoms with Crippen molar-refractivity contribution in [2.45, 2.75) is 6.18 Å². The summed E-state index contributed by atoms with van der Waals surface area (Å²) < 4.78 is 37.1. The summed E-state index contributed by atoms with van der Waals surface area (Å²) in [6.45, 7) is -1.27. The molecule has 1 N–H and O–H groups in total. The molecule has 0 radical (unpaired) electrons. The Morgan fingerprint density at radius 3 is 2.05 bits per heavy atom. The summed E-state index contributed by atoms with van der Waals surface area (Å²) in [4.78, 5) is 24.9. The molecule has 6 heteroatoms. The summed E-state index contributed by atoms with van der Waals surface area (Å²) in [5.74, 6) is -0.809. The minimum atomic E-state index is -4.41. The SMILES string of the molecule is O=C1c2ccccc2C(=O)c2c(NCC(F)(F)F)cccc21. The van der Waals surface area contributed by atoms with E-state index in [0.717, 1.165) is 0 Å². The third-order valence-electron chi connectivity index (χ3n) is 3.43. The largest absolute Gasteiger partial charge is 0.405 e. The lowest BCUT2D eigenvalue weighted by Gasteiger charge is -2.21. The molecule has 0 aromatic heterocycles. The Morgan fingerprint density at radius 1 is 0.818 bits per heavy atom. The van der Waals surface area contributed by atoms with E-state index in [-0.39, 0.29) is 33.7 Å². The van der Waals surface area contributed by atoms with Gasteiger partial charge in [-0.25, -0.2) is 0 Å². The summed E-state index contributed by atoms with van der Waals surface area (Å²) in [5, 5.41) is 2.20. The van der Waals surface area contributed by atoms with Gasteiger partial charge in [0.15, 0.2) is 11.6 Å². The molecule has 0 saturated heterocycles. The second-order valence-electron chi connectivity index (χ2n) is 4.90. The van der Waals surface area contributed by atoms with Crippen LogP contribution in [-0.2, 0) is 0 Å². The standard InChI is InChI=1S/C16H10F3NO2/c17-16(18,19)8-20-12-7-3-6-11-13(12)15(22)10-5-2-1-4-9(10)14(11)21/h1-7,20H,8H2. The Bertz CT molecular complexity index is 781. The quantitative estimate of drug-likeness (QED) is 0.789. The Balaban J connectivity index is 2.09. The van der Waals surface area contributed by atoms with E-state index in [0.29, 0.717) is 0 Å². The summed E-state index contributed by atoms with van der Waals surface area (Å²) in [5.41, 5.74) is 0.614. The van der Waals surface area contributed by atoms with Gasteiger partial charge in [-0.3, -0.25) is 9.59 Å². The van der Waals surface area contributed by atoms with Gasteiger partial charge in [-0.1, -0.05) is 36.4 Å². The van der Waals surface area contributed by atoms with Crippen molar-refractivity contribution in [3.05, 3.63) is 64.7 Å². The van der Waals surface area contributed by atoms with Gasteiger partial charge in [0.2, 0.25) is 0 Å². The molecular weight excluding hydrogens is 295 g/mol. The molecule has 0 heterocycles. The van der Waals surface area contributed by atoms with Gasteiger partial charge in [-0.15, -0.1) is 0 Å². The Hall–Kier alpha value is -2.63. The fraction of sp³-hybridized carbons (Fsp3) is 0.125. The van der Waals surface area contributed by atoms with Crippen LogP contribution in [0.4, 0.5) is 18.9 Å². The lowest BCUT2D eigenvalue weighted by molar-refractivity contribution is -0.115. The molecule has 0 atom stereocenters. The average Bonchev–Trinajstić information content (AvgIpc) is 2.49. The van der Waals surface area contributed by atoms with Crippen LogP contribution < -0.4 is 5.32 Å². The number of rotatable bonds is 2. The van der Waals surface area contributed by atoms with Crippen molar-refractivity contribution < 1.29 is 22.8 Å². The fourth-order valence-electron chi connectivity index (χ4n) is 2.49. The van der Waals surface area contributed by atoms with Crippen LogP contribution >= 0.6 is 0 Å². The van der Waals surface area contributed by atoms with Crippen LogP contribution in [0.5, 0.6) is 0 Å². The van der Waals surface area contributed by atoms with Crippen molar-refractivity contribution >= 4 is 17.3 Å². The van der Waals surface area contributed by atoms with Gasteiger partial charge in [0.25, 0.3) is 0 Å². The number of anilines is 1. The lowest BCUT2D eigenvalue weighted by Crippen LogP contribution is -2.26. The summed E-state index contributed by atoms with van der Waals surface area (Å²) in [7, 11) is 0. The van der Waals surface area contributed by atoms with Crippen molar-refractivity contribution in [3.63, 3.8) is 0 Å². The molecule has 0 fully saturated rings.